The average Bonchev–Trinajstić information content (AvgIpc) is 2.04. The maximum absolute atomic E-state index is 12.5. The Labute approximate surface area is 74.1 Å². The van der Waals surface area contributed by atoms with E-state index < -0.39 is 31.4 Å². The van der Waals surface area contributed by atoms with E-state index in [0.717, 1.165) is 0 Å². The predicted molar refractivity (Wildman–Crippen MR) is 39.4 cm³/mol. The van der Waals surface area contributed by atoms with Crippen LogP contribution >= 0.6 is 0 Å². The van der Waals surface area contributed by atoms with Crippen molar-refractivity contribution in [2.45, 2.75) is 44.7 Å². The molecule has 0 rings (SSSR count). The fourth-order valence-corrected chi connectivity index (χ4v) is 0.826. The van der Waals surface area contributed by atoms with Gasteiger partial charge in [0, 0.05) is 12.8 Å². The highest BCUT2D eigenvalue weighted by Crippen LogP contribution is 2.27. The van der Waals surface area contributed by atoms with E-state index in [9.17, 15) is 22.0 Å². The van der Waals surface area contributed by atoms with Gasteiger partial charge >= 0.3 is 6.43 Å². The molecule has 0 heterocycles. The summed E-state index contributed by atoms with van der Waals surface area (Å²) in [6.45, 7) is 1.30. The average molecular weight is 203 g/mol. The number of rotatable bonds is 6. The normalized spacial score (nSPS) is 15.0. The monoisotopic (exact) mass is 203 g/mol. The van der Waals surface area contributed by atoms with Gasteiger partial charge in [-0.3, -0.25) is 0 Å². The van der Waals surface area contributed by atoms with Crippen molar-refractivity contribution < 1.29 is 22.0 Å². The summed E-state index contributed by atoms with van der Waals surface area (Å²) in [6.07, 6.45) is -6.31. The van der Waals surface area contributed by atoms with Crippen LogP contribution in [0.3, 0.4) is 0 Å². The van der Waals surface area contributed by atoms with Crippen molar-refractivity contribution in [1.29, 1.82) is 0 Å². The minimum Gasteiger partial charge on any atom is -0.241 e. The highest BCUT2D eigenvalue weighted by molar-refractivity contribution is 4.74. The Bertz CT molecular complexity index is 134. The molecule has 5 heteroatoms. The molecule has 0 aromatic carbocycles. The van der Waals surface area contributed by atoms with Crippen molar-refractivity contribution >= 4 is 0 Å². The molecular formula is C8H12F5. The van der Waals surface area contributed by atoms with Crippen LogP contribution in [0.1, 0.15) is 32.6 Å². The molecule has 1 radical (unpaired) electrons. The van der Waals surface area contributed by atoms with Gasteiger partial charge in [0.25, 0.3) is 0 Å². The lowest BCUT2D eigenvalue weighted by molar-refractivity contribution is -0.0158. The van der Waals surface area contributed by atoms with Crippen molar-refractivity contribution in [3.8, 4) is 0 Å². The number of hydrogen-bond donors (Lipinski definition) is 0. The number of hydrogen-bond acceptors (Lipinski definition) is 0. The van der Waals surface area contributed by atoms with Crippen LogP contribution < -0.4 is 0 Å². The molecule has 0 bridgehead atoms. The third-order valence-electron chi connectivity index (χ3n) is 1.75. The lowest BCUT2D eigenvalue weighted by atomic mass is 10.1. The van der Waals surface area contributed by atoms with Crippen LogP contribution in [0.5, 0.6) is 0 Å². The van der Waals surface area contributed by atoms with Gasteiger partial charge in [-0.25, -0.2) is 13.2 Å². The minimum atomic E-state index is -2.85. The van der Waals surface area contributed by atoms with Crippen molar-refractivity contribution in [3.05, 3.63) is 6.43 Å². The van der Waals surface area contributed by atoms with Gasteiger partial charge in [-0.05, 0) is 12.8 Å². The van der Waals surface area contributed by atoms with Gasteiger partial charge < -0.3 is 0 Å². The van der Waals surface area contributed by atoms with E-state index in [1.165, 1.54) is 6.92 Å². The molecule has 0 spiro atoms. The van der Waals surface area contributed by atoms with E-state index in [0.29, 0.717) is 0 Å². The maximum atomic E-state index is 12.5. The molecule has 0 amide bonds. The van der Waals surface area contributed by atoms with Gasteiger partial charge in [-0.2, -0.15) is 8.78 Å². The second-order valence-electron chi connectivity index (χ2n) is 2.86. The molecule has 0 aliphatic rings. The topological polar surface area (TPSA) is 0 Å². The zero-order valence-electron chi connectivity index (χ0n) is 7.30. The summed E-state index contributed by atoms with van der Waals surface area (Å²) in [7, 11) is 0. The highest BCUT2D eigenvalue weighted by Gasteiger charge is 2.27. The molecule has 13 heavy (non-hydrogen) atoms. The van der Waals surface area contributed by atoms with Gasteiger partial charge in [0.05, 0.1) is 0 Å². The second-order valence-corrected chi connectivity index (χ2v) is 2.86. The Morgan fingerprint density at radius 1 is 1.31 bits per heavy atom. The first kappa shape index (κ1) is 12.7. The third kappa shape index (κ3) is 5.82. The van der Waals surface area contributed by atoms with E-state index in [-0.39, 0.29) is 12.8 Å². The van der Waals surface area contributed by atoms with Gasteiger partial charge in [-0.15, -0.1) is 0 Å². The van der Waals surface area contributed by atoms with Gasteiger partial charge in [0.15, 0.2) is 6.17 Å². The van der Waals surface area contributed by atoms with Crippen molar-refractivity contribution in [1.82, 2.24) is 0 Å². The van der Waals surface area contributed by atoms with Crippen LogP contribution in [0.15, 0.2) is 0 Å². The lowest BCUT2D eigenvalue weighted by Gasteiger charge is -2.13. The van der Waals surface area contributed by atoms with E-state index in [1.54, 1.807) is 0 Å². The first-order chi connectivity index (χ1) is 5.89. The molecule has 0 aromatic heterocycles. The summed E-state index contributed by atoms with van der Waals surface area (Å²) < 4.78 is 60.1. The van der Waals surface area contributed by atoms with Crippen LogP contribution in [-0.4, -0.2) is 12.1 Å². The Balaban J connectivity index is 3.56. The molecule has 79 valence electrons. The van der Waals surface area contributed by atoms with E-state index in [4.69, 9.17) is 0 Å². The van der Waals surface area contributed by atoms with Gasteiger partial charge in [-0.1, -0.05) is 6.92 Å². The molecule has 0 aliphatic heterocycles. The zero-order chi connectivity index (χ0) is 10.5. The Morgan fingerprint density at radius 2 is 1.85 bits per heavy atom. The molecule has 0 saturated carbocycles. The van der Waals surface area contributed by atoms with Crippen molar-refractivity contribution in [2.75, 3.05) is 0 Å². The van der Waals surface area contributed by atoms with Gasteiger partial charge in [0.2, 0.25) is 5.92 Å². The minimum absolute atomic E-state index is 0.223. The summed E-state index contributed by atoms with van der Waals surface area (Å²) in [6, 6.07) is 0. The largest absolute Gasteiger partial charge is 0.343 e. The smallest absolute Gasteiger partial charge is 0.241 e. The third-order valence-corrected chi connectivity index (χ3v) is 1.75. The maximum Gasteiger partial charge on any atom is 0.343 e. The summed E-state index contributed by atoms with van der Waals surface area (Å²) in [4.78, 5) is 0. The molecule has 1 atom stereocenters. The summed E-state index contributed by atoms with van der Waals surface area (Å²) in [5.74, 6) is -2.85. The zero-order valence-corrected chi connectivity index (χ0v) is 7.30. The van der Waals surface area contributed by atoms with Crippen LogP contribution in [0, 0.1) is 6.43 Å². The van der Waals surface area contributed by atoms with Gasteiger partial charge in [0.1, 0.15) is 0 Å². The molecule has 0 saturated heterocycles. The number of halogens is 5. The van der Waals surface area contributed by atoms with Crippen LogP contribution in [-0.2, 0) is 0 Å². The Morgan fingerprint density at radius 3 is 2.23 bits per heavy atom. The first-order valence-electron chi connectivity index (χ1n) is 4.09. The number of alkyl halides is 3. The second kappa shape index (κ2) is 5.40. The van der Waals surface area contributed by atoms with Crippen LogP contribution in [0.25, 0.3) is 0 Å². The fourth-order valence-electron chi connectivity index (χ4n) is 0.826. The molecule has 0 aliphatic carbocycles. The summed E-state index contributed by atoms with van der Waals surface area (Å²) >= 11 is 0. The van der Waals surface area contributed by atoms with E-state index in [2.05, 4.69) is 0 Å². The van der Waals surface area contributed by atoms with Crippen LogP contribution in [0.4, 0.5) is 22.0 Å². The molecular weight excluding hydrogens is 191 g/mol. The molecule has 1 unspecified atom stereocenters. The predicted octanol–water partition coefficient (Wildman–Crippen LogP) is 3.97. The Kier molecular flexibility index (Phi) is 5.25. The first-order valence-corrected chi connectivity index (χ1v) is 4.09. The van der Waals surface area contributed by atoms with Crippen molar-refractivity contribution in [3.63, 3.8) is 0 Å². The standard InChI is InChI=1S/C8H12F5/c1-2-8(12,13)5-3-4-6(9)7(10)11/h6H,2-5H2,1H3. The lowest BCUT2D eigenvalue weighted by Crippen LogP contribution is -2.15. The molecule has 0 fully saturated rings. The van der Waals surface area contributed by atoms with Crippen LogP contribution in [0.2, 0.25) is 0 Å². The molecule has 0 nitrogen and oxygen atoms in total. The summed E-state index contributed by atoms with van der Waals surface area (Å²) in [5, 5.41) is 0. The highest BCUT2D eigenvalue weighted by atomic mass is 19.3. The van der Waals surface area contributed by atoms with E-state index >= 15 is 0 Å². The molecule has 0 N–H and O–H groups in total. The Hall–Kier alpha value is -0.350. The summed E-state index contributed by atoms with van der Waals surface area (Å²) in [5.41, 5.74) is 0. The quantitative estimate of drug-likeness (QED) is 0.573. The van der Waals surface area contributed by atoms with E-state index in [1.807, 2.05) is 0 Å². The van der Waals surface area contributed by atoms with Crippen molar-refractivity contribution in [2.24, 2.45) is 0 Å². The fraction of sp³-hybridized carbons (Fsp3) is 0.875. The SMILES string of the molecule is CCC(F)(F)CCCC(F)[C](F)F. The molecule has 0 aromatic rings.